The third-order valence-electron chi connectivity index (χ3n) is 5.36. The molecule has 0 spiro atoms. The Morgan fingerprint density at radius 2 is 1.35 bits per heavy atom. The molecule has 1 aliphatic heterocycles. The van der Waals surface area contributed by atoms with Gasteiger partial charge in [0.15, 0.2) is 0 Å². The van der Waals surface area contributed by atoms with Crippen LogP contribution in [0.15, 0.2) is 5.10 Å². The maximum atomic E-state index is 11.7. The Labute approximate surface area is 190 Å². The van der Waals surface area contributed by atoms with Crippen LogP contribution >= 0.6 is 0 Å². The highest BCUT2D eigenvalue weighted by Gasteiger charge is 2.07. The highest BCUT2D eigenvalue weighted by atomic mass is 32.2. The van der Waals surface area contributed by atoms with Gasteiger partial charge in [0.2, 0.25) is 5.91 Å². The molecule has 0 fully saturated rings. The first-order valence-electron chi connectivity index (χ1n) is 12.1. The fourth-order valence-electron chi connectivity index (χ4n) is 3.55. The van der Waals surface area contributed by atoms with Gasteiger partial charge in [-0.2, -0.15) is 0 Å². The zero-order valence-corrected chi connectivity index (χ0v) is 20.1. The molecule has 0 aromatic rings. The van der Waals surface area contributed by atoms with Gasteiger partial charge in [-0.15, -0.1) is 10.6 Å². The molecule has 4 N–H and O–H groups in total. The van der Waals surface area contributed by atoms with Gasteiger partial charge in [-0.05, 0) is 26.2 Å². The molecule has 0 saturated heterocycles. The van der Waals surface area contributed by atoms with Crippen LogP contribution in [0.1, 0.15) is 116 Å². The summed E-state index contributed by atoms with van der Waals surface area (Å²) in [5, 5.41) is 4.07. The van der Waals surface area contributed by atoms with Gasteiger partial charge >= 0.3 is 0 Å². The van der Waals surface area contributed by atoms with E-state index in [4.69, 9.17) is 0 Å². The van der Waals surface area contributed by atoms with Crippen LogP contribution in [-0.2, 0) is 20.6 Å². The van der Waals surface area contributed by atoms with Gasteiger partial charge in [0.1, 0.15) is 22.6 Å². The first-order chi connectivity index (χ1) is 15.1. The SMILES string of the molecule is CC(=O)CCCS(=O)NC(=O)CCCCCCCCCCCCCCCC1=NNNN1. The zero-order valence-electron chi connectivity index (χ0n) is 19.3. The number of carbonyl (C=O) groups excluding carboxylic acids is 2. The van der Waals surface area contributed by atoms with Crippen LogP contribution in [0, 0.1) is 0 Å². The van der Waals surface area contributed by atoms with Crippen LogP contribution in [0.2, 0.25) is 0 Å². The van der Waals surface area contributed by atoms with Crippen LogP contribution in [0.25, 0.3) is 0 Å². The lowest BCUT2D eigenvalue weighted by molar-refractivity contribution is -0.119. The monoisotopic (exact) mass is 457 g/mol. The maximum Gasteiger partial charge on any atom is 0.231 e. The number of hydrogen-bond donors (Lipinski definition) is 4. The molecule has 8 nitrogen and oxygen atoms in total. The molecule has 0 bridgehead atoms. The van der Waals surface area contributed by atoms with Crippen molar-refractivity contribution >= 4 is 28.5 Å². The van der Waals surface area contributed by atoms with Gasteiger partial charge in [0.05, 0.1) is 0 Å². The molecule has 180 valence electrons. The molecule has 31 heavy (non-hydrogen) atoms. The van der Waals surface area contributed by atoms with E-state index in [1.54, 1.807) is 0 Å². The molecule has 0 aliphatic carbocycles. The number of hydrazine groups is 2. The minimum Gasteiger partial charge on any atom is -0.300 e. The lowest BCUT2D eigenvalue weighted by atomic mass is 10.0. The van der Waals surface area contributed by atoms with Crippen LogP contribution in [0.4, 0.5) is 0 Å². The molecule has 1 aliphatic rings. The highest BCUT2D eigenvalue weighted by molar-refractivity contribution is 7.83. The second-order valence-corrected chi connectivity index (χ2v) is 9.70. The smallest absolute Gasteiger partial charge is 0.231 e. The lowest BCUT2D eigenvalue weighted by Crippen LogP contribution is -2.34. The second kappa shape index (κ2) is 19.2. The van der Waals surface area contributed by atoms with E-state index in [0.717, 1.165) is 25.1 Å². The average molecular weight is 458 g/mol. The van der Waals surface area contributed by atoms with Gasteiger partial charge in [-0.3, -0.25) is 14.9 Å². The fraction of sp³-hybridized carbons (Fsp3) is 0.864. The normalized spacial score (nSPS) is 13.9. The Morgan fingerprint density at radius 1 is 0.806 bits per heavy atom. The Hall–Kier alpha value is -1.48. The molecule has 0 radical (unpaired) electrons. The van der Waals surface area contributed by atoms with Crippen molar-refractivity contribution in [2.45, 2.75) is 116 Å². The summed E-state index contributed by atoms with van der Waals surface area (Å²) >= 11 is 0. The van der Waals surface area contributed by atoms with Crippen LogP contribution < -0.4 is 21.2 Å². The number of carbonyl (C=O) groups is 2. The zero-order chi connectivity index (χ0) is 22.6. The molecular weight excluding hydrogens is 414 g/mol. The van der Waals surface area contributed by atoms with Crippen molar-refractivity contribution in [2.24, 2.45) is 5.10 Å². The van der Waals surface area contributed by atoms with E-state index in [1.807, 2.05) is 0 Å². The van der Waals surface area contributed by atoms with E-state index >= 15 is 0 Å². The number of nitrogens with one attached hydrogen (secondary N) is 4. The van der Waals surface area contributed by atoms with Crippen molar-refractivity contribution in [1.82, 2.24) is 21.2 Å². The van der Waals surface area contributed by atoms with E-state index in [1.165, 1.54) is 77.6 Å². The summed E-state index contributed by atoms with van der Waals surface area (Å²) in [6.07, 6.45) is 18.5. The predicted molar refractivity (Wildman–Crippen MR) is 127 cm³/mol. The molecule has 0 saturated carbocycles. The minimum atomic E-state index is -1.35. The van der Waals surface area contributed by atoms with Gasteiger partial charge < -0.3 is 4.79 Å². The summed E-state index contributed by atoms with van der Waals surface area (Å²) in [5.74, 6) is 1.31. The van der Waals surface area contributed by atoms with Crippen molar-refractivity contribution < 1.29 is 13.8 Å². The van der Waals surface area contributed by atoms with Gasteiger partial charge in [0, 0.05) is 25.0 Å². The number of rotatable bonds is 21. The van der Waals surface area contributed by atoms with E-state index in [-0.39, 0.29) is 11.7 Å². The highest BCUT2D eigenvalue weighted by Crippen LogP contribution is 2.13. The number of ketones is 1. The van der Waals surface area contributed by atoms with Crippen molar-refractivity contribution in [3.63, 3.8) is 0 Å². The number of amidine groups is 1. The summed E-state index contributed by atoms with van der Waals surface area (Å²) in [6.45, 7) is 1.52. The number of Topliss-reactive ketones (excluding diaryl/α,β-unsaturated/α-hetero) is 1. The molecule has 1 amide bonds. The third-order valence-corrected chi connectivity index (χ3v) is 6.47. The summed E-state index contributed by atoms with van der Waals surface area (Å²) in [7, 11) is -1.35. The van der Waals surface area contributed by atoms with E-state index in [0.29, 0.717) is 25.0 Å². The number of hydrogen-bond acceptors (Lipinski definition) is 7. The maximum absolute atomic E-state index is 11.7. The summed E-state index contributed by atoms with van der Waals surface area (Å²) < 4.78 is 14.2. The minimum absolute atomic E-state index is 0.0921. The first-order valence-corrected chi connectivity index (χ1v) is 13.4. The Bertz CT molecular complexity index is 557. The molecule has 0 aromatic carbocycles. The van der Waals surface area contributed by atoms with Gasteiger partial charge in [-0.25, -0.2) is 9.74 Å². The largest absolute Gasteiger partial charge is 0.300 e. The van der Waals surface area contributed by atoms with Crippen molar-refractivity contribution in [1.29, 1.82) is 0 Å². The van der Waals surface area contributed by atoms with Crippen molar-refractivity contribution in [2.75, 3.05) is 5.75 Å². The molecule has 1 rings (SSSR count). The number of nitrogens with zero attached hydrogens (tertiary/aromatic N) is 1. The first kappa shape index (κ1) is 27.6. The topological polar surface area (TPSA) is 112 Å². The summed E-state index contributed by atoms with van der Waals surface area (Å²) in [6, 6.07) is 0. The van der Waals surface area contributed by atoms with Crippen molar-refractivity contribution in [3.8, 4) is 0 Å². The number of amides is 1. The Balaban J connectivity index is 1.75. The van der Waals surface area contributed by atoms with Crippen LogP contribution in [-0.4, -0.2) is 27.5 Å². The van der Waals surface area contributed by atoms with Crippen molar-refractivity contribution in [3.05, 3.63) is 0 Å². The van der Waals surface area contributed by atoms with E-state index < -0.39 is 11.0 Å². The molecule has 0 aromatic heterocycles. The second-order valence-electron chi connectivity index (χ2n) is 8.40. The molecular formula is C22H43N5O3S. The molecule has 1 atom stereocenters. The van der Waals surface area contributed by atoms with Crippen LogP contribution in [0.3, 0.4) is 0 Å². The number of hydrazone groups is 1. The fourth-order valence-corrected chi connectivity index (χ4v) is 4.41. The Morgan fingerprint density at radius 3 is 1.87 bits per heavy atom. The number of unbranched alkanes of at least 4 members (excludes halogenated alkanes) is 12. The standard InChI is InChI=1S/C22H43N5O3S/c1-20(28)16-15-19-31(30)25-22(29)18-14-12-10-8-6-4-2-3-5-7-9-11-13-17-21-23-26-27-24-21/h26-27H,2-19H2,1H3,(H,23,24)(H,25,29). The predicted octanol–water partition coefficient (Wildman–Crippen LogP) is 3.91. The van der Waals surface area contributed by atoms with Gasteiger partial charge in [-0.1, -0.05) is 70.6 Å². The van der Waals surface area contributed by atoms with E-state index in [2.05, 4.69) is 26.3 Å². The lowest BCUT2D eigenvalue weighted by Gasteiger charge is -2.05. The third kappa shape index (κ3) is 17.9. The molecule has 9 heteroatoms. The van der Waals surface area contributed by atoms with E-state index in [9.17, 15) is 13.8 Å². The Kier molecular flexibility index (Phi) is 17.1. The molecule has 1 unspecified atom stereocenters. The van der Waals surface area contributed by atoms with Gasteiger partial charge in [0.25, 0.3) is 0 Å². The quantitative estimate of drug-likeness (QED) is 0.194. The molecule has 1 heterocycles. The summed E-state index contributed by atoms with van der Waals surface area (Å²) in [5.41, 5.74) is 8.41. The average Bonchev–Trinajstić information content (AvgIpc) is 3.24. The summed E-state index contributed by atoms with van der Waals surface area (Å²) in [4.78, 5) is 22.6. The van der Waals surface area contributed by atoms with Crippen LogP contribution in [0.5, 0.6) is 0 Å².